The predicted molar refractivity (Wildman–Crippen MR) is 98.3 cm³/mol. The number of aryl methyl sites for hydroxylation is 1. The van der Waals surface area contributed by atoms with Gasteiger partial charge in [-0.1, -0.05) is 17.7 Å². The van der Waals surface area contributed by atoms with E-state index < -0.39 is 22.3 Å². The first-order chi connectivity index (χ1) is 12.5. The molecular formula is C19H20FN3O3. The molecule has 0 saturated carbocycles. The van der Waals surface area contributed by atoms with Gasteiger partial charge >= 0.3 is 0 Å². The van der Waals surface area contributed by atoms with Gasteiger partial charge in [0.2, 0.25) is 0 Å². The van der Waals surface area contributed by atoms with Gasteiger partial charge in [-0.2, -0.15) is 0 Å². The number of nitro benzene ring substituents is 1. The third kappa shape index (κ3) is 3.82. The molecule has 1 saturated heterocycles. The Morgan fingerprint density at radius 1 is 1.15 bits per heavy atom. The molecule has 0 aromatic heterocycles. The summed E-state index contributed by atoms with van der Waals surface area (Å²) in [6.07, 6.45) is 2.98. The first-order valence-electron chi connectivity index (χ1n) is 8.56. The summed E-state index contributed by atoms with van der Waals surface area (Å²) >= 11 is 0. The number of nitrogens with one attached hydrogen (secondary N) is 1. The van der Waals surface area contributed by atoms with Crippen LogP contribution in [0.1, 0.15) is 35.2 Å². The van der Waals surface area contributed by atoms with Crippen molar-refractivity contribution in [1.29, 1.82) is 0 Å². The second-order valence-electron chi connectivity index (χ2n) is 6.45. The zero-order valence-electron chi connectivity index (χ0n) is 14.5. The van der Waals surface area contributed by atoms with E-state index in [1.165, 1.54) is 6.07 Å². The fraction of sp³-hybridized carbons (Fsp3) is 0.316. The summed E-state index contributed by atoms with van der Waals surface area (Å²) in [5.74, 6) is -1.11. The van der Waals surface area contributed by atoms with Gasteiger partial charge in [0.25, 0.3) is 11.6 Å². The number of piperidine rings is 1. The molecule has 7 heteroatoms. The van der Waals surface area contributed by atoms with E-state index in [-0.39, 0.29) is 11.4 Å². The molecule has 1 aliphatic rings. The third-order valence-electron chi connectivity index (χ3n) is 4.52. The van der Waals surface area contributed by atoms with Crippen LogP contribution in [0.2, 0.25) is 0 Å². The summed E-state index contributed by atoms with van der Waals surface area (Å²) in [6, 6.07) is 9.11. The molecule has 0 aliphatic carbocycles. The number of hydrogen-bond donors (Lipinski definition) is 1. The van der Waals surface area contributed by atoms with Crippen LogP contribution in [0.15, 0.2) is 36.4 Å². The monoisotopic (exact) mass is 357 g/mol. The van der Waals surface area contributed by atoms with Gasteiger partial charge in [-0.3, -0.25) is 14.9 Å². The van der Waals surface area contributed by atoms with E-state index in [1.54, 1.807) is 24.3 Å². The average molecular weight is 357 g/mol. The van der Waals surface area contributed by atoms with Crippen molar-refractivity contribution in [3.63, 3.8) is 0 Å². The molecule has 0 unspecified atom stereocenters. The minimum atomic E-state index is -0.687. The number of amides is 1. The molecule has 3 rings (SSSR count). The minimum Gasteiger partial charge on any atom is -0.369 e. The second kappa shape index (κ2) is 7.51. The van der Waals surface area contributed by atoms with Crippen LogP contribution in [0.3, 0.4) is 0 Å². The van der Waals surface area contributed by atoms with Gasteiger partial charge in [0, 0.05) is 18.7 Å². The minimum absolute atomic E-state index is 0.00236. The smallest absolute Gasteiger partial charge is 0.295 e. The van der Waals surface area contributed by atoms with Crippen molar-refractivity contribution in [1.82, 2.24) is 0 Å². The highest BCUT2D eigenvalue weighted by atomic mass is 19.1. The van der Waals surface area contributed by atoms with Crippen molar-refractivity contribution in [2.75, 3.05) is 23.3 Å². The lowest BCUT2D eigenvalue weighted by atomic mass is 10.1. The molecule has 0 bridgehead atoms. The summed E-state index contributed by atoms with van der Waals surface area (Å²) in [5, 5.41) is 13.9. The first kappa shape index (κ1) is 17.8. The SMILES string of the molecule is Cc1ccc(C(=O)Nc2cc(N3CCCCC3)c(F)cc2[N+](=O)[O-])cc1. The van der Waals surface area contributed by atoms with Crippen LogP contribution in [-0.4, -0.2) is 23.9 Å². The third-order valence-corrected chi connectivity index (χ3v) is 4.52. The molecule has 6 nitrogen and oxygen atoms in total. The molecule has 2 aromatic carbocycles. The first-order valence-corrected chi connectivity index (χ1v) is 8.56. The summed E-state index contributed by atoms with van der Waals surface area (Å²) in [4.78, 5) is 24.9. The molecule has 1 fully saturated rings. The van der Waals surface area contributed by atoms with Crippen molar-refractivity contribution in [3.05, 3.63) is 63.5 Å². The van der Waals surface area contributed by atoms with E-state index in [0.717, 1.165) is 30.9 Å². The molecule has 0 spiro atoms. The Balaban J connectivity index is 1.94. The topological polar surface area (TPSA) is 75.5 Å². The highest BCUT2D eigenvalue weighted by Gasteiger charge is 2.24. The van der Waals surface area contributed by atoms with Gasteiger partial charge in [0.15, 0.2) is 5.82 Å². The standard InChI is InChI=1S/C19H20FN3O3/c1-13-5-7-14(8-6-13)19(24)21-16-12-17(22-9-3-2-4-10-22)15(20)11-18(16)23(25)26/h5-8,11-12H,2-4,9-10H2,1H3,(H,21,24). The molecule has 0 radical (unpaired) electrons. The summed E-state index contributed by atoms with van der Waals surface area (Å²) in [6.45, 7) is 3.29. The Morgan fingerprint density at radius 3 is 2.42 bits per heavy atom. The van der Waals surface area contributed by atoms with Crippen LogP contribution in [0.25, 0.3) is 0 Å². The Morgan fingerprint density at radius 2 is 1.81 bits per heavy atom. The van der Waals surface area contributed by atoms with Crippen molar-refractivity contribution in [2.24, 2.45) is 0 Å². The summed E-state index contributed by atoms with van der Waals surface area (Å²) in [7, 11) is 0. The van der Waals surface area contributed by atoms with Crippen LogP contribution in [-0.2, 0) is 0 Å². The predicted octanol–water partition coefficient (Wildman–Crippen LogP) is 4.28. The van der Waals surface area contributed by atoms with Crippen LogP contribution < -0.4 is 10.2 Å². The van der Waals surface area contributed by atoms with Gasteiger partial charge in [-0.25, -0.2) is 4.39 Å². The number of benzene rings is 2. The number of halogens is 1. The highest BCUT2D eigenvalue weighted by molar-refractivity contribution is 6.05. The van der Waals surface area contributed by atoms with Crippen molar-refractivity contribution in [2.45, 2.75) is 26.2 Å². The average Bonchev–Trinajstić information content (AvgIpc) is 2.64. The van der Waals surface area contributed by atoms with Crippen molar-refractivity contribution >= 4 is 23.0 Å². The Bertz CT molecular complexity index is 831. The molecule has 1 amide bonds. The maximum Gasteiger partial charge on any atom is 0.295 e. The van der Waals surface area contributed by atoms with E-state index in [9.17, 15) is 19.3 Å². The number of anilines is 2. The number of nitrogens with zero attached hydrogens (tertiary/aromatic N) is 2. The summed E-state index contributed by atoms with van der Waals surface area (Å²) < 4.78 is 14.4. The van der Waals surface area contributed by atoms with Gasteiger partial charge in [-0.15, -0.1) is 0 Å². The van der Waals surface area contributed by atoms with E-state index in [4.69, 9.17) is 0 Å². The van der Waals surface area contributed by atoms with Gasteiger partial charge in [0.1, 0.15) is 5.69 Å². The Labute approximate surface area is 150 Å². The van der Waals surface area contributed by atoms with Crippen molar-refractivity contribution in [3.8, 4) is 0 Å². The highest BCUT2D eigenvalue weighted by Crippen LogP contribution is 2.34. The number of nitro groups is 1. The molecule has 136 valence electrons. The fourth-order valence-corrected chi connectivity index (χ4v) is 3.08. The van der Waals surface area contributed by atoms with Crippen LogP contribution in [0, 0.1) is 22.9 Å². The maximum atomic E-state index is 14.4. The molecule has 1 N–H and O–H groups in total. The zero-order valence-corrected chi connectivity index (χ0v) is 14.5. The van der Waals surface area contributed by atoms with Crippen molar-refractivity contribution < 1.29 is 14.1 Å². The molecule has 26 heavy (non-hydrogen) atoms. The van der Waals surface area contributed by atoms with Crippen LogP contribution in [0.4, 0.5) is 21.5 Å². The van der Waals surface area contributed by atoms with Gasteiger partial charge in [0.05, 0.1) is 16.7 Å². The van der Waals surface area contributed by atoms with E-state index >= 15 is 0 Å². The van der Waals surface area contributed by atoms with Crippen LogP contribution in [0.5, 0.6) is 0 Å². The summed E-state index contributed by atoms with van der Waals surface area (Å²) in [5.41, 5.74) is 1.22. The van der Waals surface area contributed by atoms with Gasteiger partial charge in [-0.05, 0) is 44.4 Å². The molecule has 0 atom stereocenters. The largest absolute Gasteiger partial charge is 0.369 e. The number of carbonyl (C=O) groups is 1. The van der Waals surface area contributed by atoms with Gasteiger partial charge < -0.3 is 10.2 Å². The van der Waals surface area contributed by atoms with E-state index in [0.29, 0.717) is 18.7 Å². The lowest BCUT2D eigenvalue weighted by Crippen LogP contribution is -2.30. The fourth-order valence-electron chi connectivity index (χ4n) is 3.08. The quantitative estimate of drug-likeness (QED) is 0.654. The zero-order chi connectivity index (χ0) is 18.7. The number of carbonyl (C=O) groups excluding carboxylic acids is 1. The van der Waals surface area contributed by atoms with E-state index in [1.807, 2.05) is 11.8 Å². The Hall–Kier alpha value is -2.96. The maximum absolute atomic E-state index is 14.4. The molecule has 2 aromatic rings. The molecule has 1 aliphatic heterocycles. The number of rotatable bonds is 4. The van der Waals surface area contributed by atoms with E-state index in [2.05, 4.69) is 5.32 Å². The van der Waals surface area contributed by atoms with Crippen LogP contribution >= 0.6 is 0 Å². The lowest BCUT2D eigenvalue weighted by molar-refractivity contribution is -0.384. The number of hydrogen-bond acceptors (Lipinski definition) is 4. The lowest BCUT2D eigenvalue weighted by Gasteiger charge is -2.29. The molecular weight excluding hydrogens is 337 g/mol. The normalized spacial score (nSPS) is 14.2. The Kier molecular flexibility index (Phi) is 5.16. The molecule has 1 heterocycles. The second-order valence-corrected chi connectivity index (χ2v) is 6.45.